The first-order chi connectivity index (χ1) is 12.1. The summed E-state index contributed by atoms with van der Waals surface area (Å²) in [5, 5.41) is 3.40. The lowest BCUT2D eigenvalue weighted by Crippen LogP contribution is -2.23. The maximum Gasteiger partial charge on any atom is 0.243 e. The molecule has 0 saturated carbocycles. The Morgan fingerprint density at radius 2 is 2.04 bits per heavy atom. The number of carbonyl (C=O) groups excluding carboxylic acids is 1. The zero-order chi connectivity index (χ0) is 17.6. The first kappa shape index (κ1) is 16.7. The lowest BCUT2D eigenvalue weighted by molar-refractivity contribution is -0.671. The van der Waals surface area contributed by atoms with Crippen molar-refractivity contribution in [2.24, 2.45) is 17.8 Å². The molecule has 3 rings (SSSR count). The number of anilines is 1. The van der Waals surface area contributed by atoms with Gasteiger partial charge in [0.1, 0.15) is 12.4 Å². The molecule has 3 N–H and O–H groups in total. The number of ketones is 1. The highest BCUT2D eigenvalue weighted by Crippen LogP contribution is 2.18. The van der Waals surface area contributed by atoms with Crippen LogP contribution in [0.1, 0.15) is 6.42 Å². The van der Waals surface area contributed by atoms with E-state index in [0.717, 1.165) is 30.9 Å². The summed E-state index contributed by atoms with van der Waals surface area (Å²) >= 11 is 0. The van der Waals surface area contributed by atoms with Gasteiger partial charge in [0, 0.05) is 24.7 Å². The van der Waals surface area contributed by atoms with Crippen molar-refractivity contribution < 1.29 is 9.36 Å². The van der Waals surface area contributed by atoms with Crippen molar-refractivity contribution in [1.82, 2.24) is 4.57 Å². The predicted octanol–water partition coefficient (Wildman–Crippen LogP) is 1.87. The normalized spacial score (nSPS) is 15.5. The Balaban J connectivity index is 1.51. The second kappa shape index (κ2) is 7.61. The zero-order valence-corrected chi connectivity index (χ0v) is 14.2. The number of nitrogens with one attached hydrogen (secondary N) is 1. The predicted molar refractivity (Wildman–Crippen MR) is 98.7 cm³/mol. The third kappa shape index (κ3) is 4.67. The topological polar surface area (TPSA) is 76.3 Å². The van der Waals surface area contributed by atoms with E-state index < -0.39 is 0 Å². The molecule has 25 heavy (non-hydrogen) atoms. The molecule has 2 aromatic rings. The highest BCUT2D eigenvalue weighted by Gasteiger charge is 2.08. The van der Waals surface area contributed by atoms with E-state index in [9.17, 15) is 4.79 Å². The van der Waals surface area contributed by atoms with Gasteiger partial charge in [-0.15, -0.1) is 0 Å². The van der Waals surface area contributed by atoms with E-state index in [1.807, 2.05) is 42.1 Å². The third-order valence-electron chi connectivity index (χ3n) is 3.86. The van der Waals surface area contributed by atoms with Crippen molar-refractivity contribution in [2.75, 3.05) is 11.9 Å². The van der Waals surface area contributed by atoms with Crippen LogP contribution in [0.2, 0.25) is 0 Å². The van der Waals surface area contributed by atoms with Gasteiger partial charge in [-0.2, -0.15) is 0 Å². The van der Waals surface area contributed by atoms with Crippen LogP contribution in [0.3, 0.4) is 0 Å². The zero-order valence-electron chi connectivity index (χ0n) is 14.2. The number of aromatic nitrogens is 2. The highest BCUT2D eigenvalue weighted by molar-refractivity contribution is 6.19. The molecule has 0 saturated heterocycles. The van der Waals surface area contributed by atoms with Gasteiger partial charge in [0.05, 0.1) is 30.7 Å². The number of imidazole rings is 1. The summed E-state index contributed by atoms with van der Waals surface area (Å²) in [6.45, 7) is 1.88. The summed E-state index contributed by atoms with van der Waals surface area (Å²) in [5.41, 5.74) is 8.68. The molecular formula is C19H22N5O+. The van der Waals surface area contributed by atoms with Crippen molar-refractivity contribution in [3.05, 3.63) is 66.9 Å². The van der Waals surface area contributed by atoms with Crippen molar-refractivity contribution in [3.63, 3.8) is 0 Å². The summed E-state index contributed by atoms with van der Waals surface area (Å²) in [6.07, 6.45) is 11.7. The molecule has 128 valence electrons. The molecule has 0 amide bonds. The van der Waals surface area contributed by atoms with Gasteiger partial charge in [0.2, 0.25) is 6.33 Å². The fourth-order valence-electron chi connectivity index (χ4n) is 2.56. The number of carbonyl (C=O) groups is 1. The second-order valence-corrected chi connectivity index (χ2v) is 5.98. The average Bonchev–Trinajstić information content (AvgIpc) is 3.01. The average molecular weight is 336 g/mol. The van der Waals surface area contributed by atoms with Gasteiger partial charge < -0.3 is 11.1 Å². The fourth-order valence-corrected chi connectivity index (χ4v) is 2.56. The van der Waals surface area contributed by atoms with Crippen LogP contribution in [0, 0.1) is 0 Å². The van der Waals surface area contributed by atoms with Crippen molar-refractivity contribution in [1.29, 1.82) is 0 Å². The fraction of sp³-hybridized carbons (Fsp3) is 0.211. The molecule has 0 spiro atoms. The minimum Gasteiger partial charge on any atom is -0.397 e. The molecular weight excluding hydrogens is 314 g/mol. The standard InChI is InChI=1S/C19H21N5O/c1-23-11-12-24(14-23)10-2-9-21-15-3-5-16(6-4-15)22-19-8-7-17(25)13-18(19)20/h3-8,11-14H,2,9-10H2,1H3,(H2-,20,21,25)/p+1. The van der Waals surface area contributed by atoms with Crippen molar-refractivity contribution in [2.45, 2.75) is 13.0 Å². The number of hydrogen-bond acceptors (Lipinski definition) is 4. The molecule has 0 fully saturated rings. The Morgan fingerprint density at radius 3 is 2.72 bits per heavy atom. The van der Waals surface area contributed by atoms with E-state index in [-0.39, 0.29) is 5.78 Å². The number of aliphatic imine (C=N–C) groups is 1. The van der Waals surface area contributed by atoms with Gasteiger partial charge in [-0.1, -0.05) is 0 Å². The molecule has 6 nitrogen and oxygen atoms in total. The summed E-state index contributed by atoms with van der Waals surface area (Å²) in [6, 6.07) is 7.84. The van der Waals surface area contributed by atoms with Gasteiger partial charge in [-0.25, -0.2) is 14.1 Å². The number of rotatable bonds is 6. The van der Waals surface area contributed by atoms with Crippen LogP contribution >= 0.6 is 0 Å². The van der Waals surface area contributed by atoms with E-state index in [0.29, 0.717) is 11.4 Å². The first-order valence-electron chi connectivity index (χ1n) is 8.23. The Hall–Kier alpha value is -3.15. The van der Waals surface area contributed by atoms with E-state index >= 15 is 0 Å². The Labute approximate surface area is 147 Å². The van der Waals surface area contributed by atoms with Gasteiger partial charge in [0.15, 0.2) is 5.78 Å². The summed E-state index contributed by atoms with van der Waals surface area (Å²) in [5.74, 6) is -0.107. The monoisotopic (exact) mass is 336 g/mol. The number of nitrogens with zero attached hydrogens (tertiary/aromatic N) is 3. The van der Waals surface area contributed by atoms with Crippen LogP contribution in [0.5, 0.6) is 0 Å². The van der Waals surface area contributed by atoms with E-state index in [2.05, 4.69) is 27.4 Å². The number of aryl methyl sites for hydroxylation is 2. The number of hydrogen-bond donors (Lipinski definition) is 2. The molecule has 1 aromatic heterocycles. The Kier molecular flexibility index (Phi) is 5.09. The van der Waals surface area contributed by atoms with Crippen LogP contribution in [-0.4, -0.2) is 22.6 Å². The molecule has 1 aliphatic carbocycles. The quantitative estimate of drug-likeness (QED) is 0.480. The van der Waals surface area contributed by atoms with Gasteiger partial charge in [-0.05, 0) is 36.4 Å². The molecule has 0 radical (unpaired) electrons. The number of nitrogens with two attached hydrogens (primary N) is 1. The summed E-state index contributed by atoms with van der Waals surface area (Å²) in [7, 11) is 2.02. The maximum absolute atomic E-state index is 11.2. The van der Waals surface area contributed by atoms with Crippen LogP contribution in [-0.2, 0) is 18.4 Å². The van der Waals surface area contributed by atoms with E-state index in [4.69, 9.17) is 5.73 Å². The molecule has 0 bridgehead atoms. The second-order valence-electron chi connectivity index (χ2n) is 5.98. The van der Waals surface area contributed by atoms with E-state index in [1.54, 1.807) is 6.08 Å². The number of benzene rings is 1. The lowest BCUT2D eigenvalue weighted by atomic mass is 10.1. The van der Waals surface area contributed by atoms with Crippen molar-refractivity contribution in [3.8, 4) is 0 Å². The first-order valence-corrected chi connectivity index (χ1v) is 8.23. The number of allylic oxidation sites excluding steroid dienone is 3. The molecule has 1 heterocycles. The lowest BCUT2D eigenvalue weighted by Gasteiger charge is -2.07. The van der Waals surface area contributed by atoms with Crippen LogP contribution in [0.25, 0.3) is 0 Å². The molecule has 6 heteroatoms. The molecule has 0 atom stereocenters. The third-order valence-corrected chi connectivity index (χ3v) is 3.86. The minimum atomic E-state index is -0.107. The Morgan fingerprint density at radius 1 is 1.24 bits per heavy atom. The summed E-state index contributed by atoms with van der Waals surface area (Å²) in [4.78, 5) is 15.7. The van der Waals surface area contributed by atoms with E-state index in [1.165, 1.54) is 12.2 Å². The maximum atomic E-state index is 11.2. The largest absolute Gasteiger partial charge is 0.397 e. The molecule has 0 aliphatic heterocycles. The molecule has 1 aliphatic rings. The smallest absolute Gasteiger partial charge is 0.243 e. The van der Waals surface area contributed by atoms with Crippen molar-refractivity contribution >= 4 is 22.9 Å². The molecule has 0 unspecified atom stereocenters. The minimum absolute atomic E-state index is 0.107. The Bertz CT molecular complexity index is 843. The van der Waals surface area contributed by atoms with Gasteiger partial charge >= 0.3 is 0 Å². The summed E-state index contributed by atoms with van der Waals surface area (Å²) < 4.78 is 4.20. The van der Waals surface area contributed by atoms with Gasteiger partial charge in [-0.3, -0.25) is 4.79 Å². The SMILES string of the molecule is C[n+]1ccn(CCCNc2ccc(/N=C3\C=CC(=O)C=C3N)cc2)c1. The molecule has 1 aromatic carbocycles. The van der Waals surface area contributed by atoms with Crippen LogP contribution < -0.4 is 15.6 Å². The highest BCUT2D eigenvalue weighted by atomic mass is 16.1. The van der Waals surface area contributed by atoms with Crippen LogP contribution in [0.15, 0.2) is 71.9 Å². The van der Waals surface area contributed by atoms with Crippen LogP contribution in [0.4, 0.5) is 11.4 Å². The van der Waals surface area contributed by atoms with Gasteiger partial charge in [0.25, 0.3) is 0 Å².